The molecule has 20 heavy (non-hydrogen) atoms. The molecule has 1 saturated heterocycles. The number of aromatic amines is 1. The molecule has 1 aromatic carbocycles. The molecule has 106 valence electrons. The van der Waals surface area contributed by atoms with Crippen LogP contribution in [-0.4, -0.2) is 53.4 Å². The van der Waals surface area contributed by atoms with E-state index in [9.17, 15) is 0 Å². The third-order valence-electron chi connectivity index (χ3n) is 3.46. The first-order chi connectivity index (χ1) is 9.85. The van der Waals surface area contributed by atoms with Gasteiger partial charge < -0.3 is 10.1 Å². The van der Waals surface area contributed by atoms with Crippen LogP contribution in [0.2, 0.25) is 0 Å². The van der Waals surface area contributed by atoms with E-state index in [4.69, 9.17) is 4.74 Å². The molecule has 1 aromatic heterocycles. The average Bonchev–Trinajstić information content (AvgIpc) is 2.97. The largest absolute Gasteiger partial charge is 0.497 e. The standard InChI is InChI=1S/C14H19N5O/c1-20-12-4-2-11(3-5-12)14-16-13(17-18-14)10-19-8-6-15-7-9-19/h2-5,15H,6-10H2,1H3,(H,16,17,18). The van der Waals surface area contributed by atoms with Gasteiger partial charge in [0.1, 0.15) is 11.6 Å². The predicted molar refractivity (Wildman–Crippen MR) is 76.5 cm³/mol. The number of hydrogen-bond acceptors (Lipinski definition) is 5. The molecule has 2 aromatic rings. The van der Waals surface area contributed by atoms with Gasteiger partial charge in [-0.3, -0.25) is 10.00 Å². The van der Waals surface area contributed by atoms with E-state index in [-0.39, 0.29) is 0 Å². The number of nitrogens with zero attached hydrogens (tertiary/aromatic N) is 3. The molecule has 1 fully saturated rings. The topological polar surface area (TPSA) is 66.1 Å². The summed E-state index contributed by atoms with van der Waals surface area (Å²) >= 11 is 0. The maximum Gasteiger partial charge on any atom is 0.181 e. The highest BCUT2D eigenvalue weighted by Crippen LogP contribution is 2.19. The lowest BCUT2D eigenvalue weighted by atomic mass is 10.2. The number of aromatic nitrogens is 3. The lowest BCUT2D eigenvalue weighted by Crippen LogP contribution is -2.43. The Hall–Kier alpha value is -1.92. The maximum absolute atomic E-state index is 5.15. The Balaban J connectivity index is 1.68. The number of rotatable bonds is 4. The zero-order valence-electron chi connectivity index (χ0n) is 11.6. The summed E-state index contributed by atoms with van der Waals surface area (Å²) in [6, 6.07) is 7.77. The number of H-pyrrole nitrogens is 1. The fourth-order valence-corrected chi connectivity index (χ4v) is 2.32. The Labute approximate surface area is 118 Å². The van der Waals surface area contributed by atoms with Gasteiger partial charge in [0.05, 0.1) is 13.7 Å². The van der Waals surface area contributed by atoms with Crippen molar-refractivity contribution in [2.75, 3.05) is 33.3 Å². The monoisotopic (exact) mass is 273 g/mol. The van der Waals surface area contributed by atoms with Crippen LogP contribution >= 0.6 is 0 Å². The van der Waals surface area contributed by atoms with Crippen molar-refractivity contribution in [3.8, 4) is 17.1 Å². The molecule has 0 spiro atoms. The molecule has 0 amide bonds. The fraction of sp³-hybridized carbons (Fsp3) is 0.429. The van der Waals surface area contributed by atoms with Gasteiger partial charge in [-0.25, -0.2) is 4.98 Å². The number of methoxy groups -OCH3 is 1. The summed E-state index contributed by atoms with van der Waals surface area (Å²) in [6.45, 7) is 5.01. The Kier molecular flexibility index (Phi) is 3.94. The van der Waals surface area contributed by atoms with Crippen molar-refractivity contribution in [2.24, 2.45) is 0 Å². The Morgan fingerprint density at radius 2 is 1.95 bits per heavy atom. The minimum absolute atomic E-state index is 0.734. The van der Waals surface area contributed by atoms with Crippen LogP contribution in [0.15, 0.2) is 24.3 Å². The van der Waals surface area contributed by atoms with Crippen molar-refractivity contribution in [1.82, 2.24) is 25.4 Å². The summed E-state index contributed by atoms with van der Waals surface area (Å²) in [5, 5.41) is 10.7. The Bertz CT molecular complexity index is 545. The molecule has 1 aliphatic heterocycles. The molecule has 0 aliphatic carbocycles. The van der Waals surface area contributed by atoms with E-state index in [1.165, 1.54) is 0 Å². The molecule has 6 heteroatoms. The molecular formula is C14H19N5O. The van der Waals surface area contributed by atoms with E-state index in [0.717, 1.165) is 55.7 Å². The van der Waals surface area contributed by atoms with Crippen LogP contribution in [0.3, 0.4) is 0 Å². The zero-order chi connectivity index (χ0) is 13.8. The smallest absolute Gasteiger partial charge is 0.181 e. The first kappa shape index (κ1) is 13.1. The van der Waals surface area contributed by atoms with Gasteiger partial charge >= 0.3 is 0 Å². The van der Waals surface area contributed by atoms with Crippen LogP contribution in [0, 0.1) is 0 Å². The summed E-state index contributed by atoms with van der Waals surface area (Å²) in [4.78, 5) is 6.93. The fourth-order valence-electron chi connectivity index (χ4n) is 2.32. The van der Waals surface area contributed by atoms with Gasteiger partial charge in [-0.05, 0) is 24.3 Å². The SMILES string of the molecule is COc1ccc(-c2n[nH]c(CN3CCNCC3)n2)cc1. The second-order valence-corrected chi connectivity index (χ2v) is 4.86. The molecular weight excluding hydrogens is 254 g/mol. The lowest BCUT2D eigenvalue weighted by molar-refractivity contribution is 0.228. The molecule has 0 radical (unpaired) electrons. The van der Waals surface area contributed by atoms with E-state index >= 15 is 0 Å². The van der Waals surface area contributed by atoms with Crippen molar-refractivity contribution < 1.29 is 4.74 Å². The number of piperazine rings is 1. The van der Waals surface area contributed by atoms with Crippen molar-refractivity contribution in [3.63, 3.8) is 0 Å². The number of ether oxygens (including phenoxy) is 1. The summed E-state index contributed by atoms with van der Waals surface area (Å²) in [6.07, 6.45) is 0. The summed E-state index contributed by atoms with van der Waals surface area (Å²) in [7, 11) is 1.66. The summed E-state index contributed by atoms with van der Waals surface area (Å²) in [5.41, 5.74) is 0.994. The third kappa shape index (κ3) is 2.97. The Morgan fingerprint density at radius 1 is 1.20 bits per heavy atom. The van der Waals surface area contributed by atoms with E-state index in [1.807, 2.05) is 24.3 Å². The highest BCUT2D eigenvalue weighted by Gasteiger charge is 2.13. The van der Waals surface area contributed by atoms with Crippen LogP contribution in [0.1, 0.15) is 5.82 Å². The van der Waals surface area contributed by atoms with Gasteiger partial charge in [0.25, 0.3) is 0 Å². The van der Waals surface area contributed by atoms with Gasteiger partial charge in [-0.15, -0.1) is 0 Å². The van der Waals surface area contributed by atoms with Gasteiger partial charge in [0.2, 0.25) is 0 Å². The van der Waals surface area contributed by atoms with Gasteiger partial charge in [0, 0.05) is 31.7 Å². The molecule has 3 rings (SSSR count). The van der Waals surface area contributed by atoms with Gasteiger partial charge in [-0.1, -0.05) is 0 Å². The minimum atomic E-state index is 0.734. The summed E-state index contributed by atoms with van der Waals surface area (Å²) in [5.74, 6) is 2.49. The first-order valence-electron chi connectivity index (χ1n) is 6.84. The van der Waals surface area contributed by atoms with Gasteiger partial charge in [0.15, 0.2) is 5.82 Å². The quantitative estimate of drug-likeness (QED) is 0.866. The molecule has 0 atom stereocenters. The van der Waals surface area contributed by atoms with Crippen molar-refractivity contribution in [1.29, 1.82) is 0 Å². The van der Waals surface area contributed by atoms with Gasteiger partial charge in [-0.2, -0.15) is 5.10 Å². The second-order valence-electron chi connectivity index (χ2n) is 4.86. The lowest BCUT2D eigenvalue weighted by Gasteiger charge is -2.25. The van der Waals surface area contributed by atoms with Crippen LogP contribution in [0.25, 0.3) is 11.4 Å². The van der Waals surface area contributed by atoms with Crippen molar-refractivity contribution in [3.05, 3.63) is 30.1 Å². The molecule has 0 bridgehead atoms. The first-order valence-corrected chi connectivity index (χ1v) is 6.84. The predicted octanol–water partition coefficient (Wildman–Crippen LogP) is 0.885. The zero-order valence-corrected chi connectivity index (χ0v) is 11.6. The Morgan fingerprint density at radius 3 is 2.65 bits per heavy atom. The van der Waals surface area contributed by atoms with Crippen molar-refractivity contribution >= 4 is 0 Å². The average molecular weight is 273 g/mol. The van der Waals surface area contributed by atoms with Crippen LogP contribution in [0.4, 0.5) is 0 Å². The number of benzene rings is 1. The van der Waals surface area contributed by atoms with E-state index in [2.05, 4.69) is 25.4 Å². The number of nitrogens with one attached hydrogen (secondary N) is 2. The number of hydrogen-bond donors (Lipinski definition) is 2. The van der Waals surface area contributed by atoms with Crippen LogP contribution < -0.4 is 10.1 Å². The minimum Gasteiger partial charge on any atom is -0.497 e. The molecule has 2 N–H and O–H groups in total. The normalized spacial score (nSPS) is 16.2. The highest BCUT2D eigenvalue weighted by atomic mass is 16.5. The summed E-state index contributed by atoms with van der Waals surface area (Å²) < 4.78 is 5.15. The molecule has 6 nitrogen and oxygen atoms in total. The van der Waals surface area contributed by atoms with E-state index in [1.54, 1.807) is 7.11 Å². The van der Waals surface area contributed by atoms with E-state index in [0.29, 0.717) is 0 Å². The molecule has 2 heterocycles. The highest BCUT2D eigenvalue weighted by molar-refractivity contribution is 5.55. The van der Waals surface area contributed by atoms with Crippen LogP contribution in [-0.2, 0) is 6.54 Å². The van der Waals surface area contributed by atoms with E-state index < -0.39 is 0 Å². The third-order valence-corrected chi connectivity index (χ3v) is 3.46. The molecule has 0 unspecified atom stereocenters. The van der Waals surface area contributed by atoms with Crippen molar-refractivity contribution in [2.45, 2.75) is 6.54 Å². The molecule has 0 saturated carbocycles. The molecule has 1 aliphatic rings. The second kappa shape index (κ2) is 6.02. The van der Waals surface area contributed by atoms with Crippen LogP contribution in [0.5, 0.6) is 5.75 Å². The maximum atomic E-state index is 5.15.